The lowest BCUT2D eigenvalue weighted by Gasteiger charge is -2.44. The number of nitrogens with one attached hydrogen (secondary N) is 2. The van der Waals surface area contributed by atoms with Gasteiger partial charge in [0.15, 0.2) is 0 Å². The van der Waals surface area contributed by atoms with Crippen LogP contribution in [-0.2, 0) is 6.54 Å². The van der Waals surface area contributed by atoms with Gasteiger partial charge in [0.05, 0.1) is 23.5 Å². The summed E-state index contributed by atoms with van der Waals surface area (Å²) >= 11 is 5.84. The molecule has 1 aliphatic heterocycles. The van der Waals surface area contributed by atoms with Gasteiger partial charge in [-0.2, -0.15) is 0 Å². The molecule has 1 heterocycles. The average Bonchev–Trinajstić information content (AvgIpc) is 2.62. The van der Waals surface area contributed by atoms with Gasteiger partial charge in [0.2, 0.25) is 0 Å². The fourth-order valence-electron chi connectivity index (χ4n) is 3.79. The highest BCUT2D eigenvalue weighted by molar-refractivity contribution is 6.30. The normalized spacial score (nSPS) is 20.0. The van der Waals surface area contributed by atoms with Gasteiger partial charge in [-0.3, -0.25) is 4.99 Å². The molecule has 2 aromatic carbocycles. The van der Waals surface area contributed by atoms with E-state index >= 15 is 0 Å². The zero-order valence-corrected chi connectivity index (χ0v) is 14.7. The quantitative estimate of drug-likeness (QED) is 0.732. The van der Waals surface area contributed by atoms with E-state index in [-0.39, 0.29) is 11.4 Å². The molecule has 1 fully saturated rings. The Balaban J connectivity index is 1.67. The summed E-state index contributed by atoms with van der Waals surface area (Å²) in [6.45, 7) is 0.303. The highest BCUT2D eigenvalue weighted by Gasteiger charge is 2.40. The van der Waals surface area contributed by atoms with Crippen molar-refractivity contribution in [1.82, 2.24) is 0 Å². The molecule has 3 nitrogen and oxygen atoms in total. The zero-order chi connectivity index (χ0) is 17.3. The molecule has 2 aromatic rings. The molecule has 1 saturated carbocycles. The van der Waals surface area contributed by atoms with E-state index in [1.165, 1.54) is 25.3 Å². The van der Waals surface area contributed by atoms with Crippen LogP contribution in [0, 0.1) is 5.82 Å². The molecule has 130 valence electrons. The molecule has 4 rings (SSSR count). The first-order valence-electron chi connectivity index (χ1n) is 8.79. The topological polar surface area (TPSA) is 36.4 Å². The molecule has 0 aromatic heterocycles. The second kappa shape index (κ2) is 6.68. The van der Waals surface area contributed by atoms with E-state index in [2.05, 4.69) is 16.7 Å². The third-order valence-corrected chi connectivity index (χ3v) is 5.37. The van der Waals surface area contributed by atoms with Gasteiger partial charge >= 0.3 is 0 Å². The SMILES string of the molecule is Fc1cc(Cl)ccc1CN=C1Nc2ccccc2NC12CCCCC2. The summed E-state index contributed by atoms with van der Waals surface area (Å²) < 4.78 is 14.1. The molecule has 2 N–H and O–H groups in total. The molecule has 25 heavy (non-hydrogen) atoms. The fourth-order valence-corrected chi connectivity index (χ4v) is 3.95. The van der Waals surface area contributed by atoms with E-state index in [0.717, 1.165) is 30.1 Å². The van der Waals surface area contributed by atoms with Gasteiger partial charge in [0.25, 0.3) is 0 Å². The maximum absolute atomic E-state index is 14.1. The summed E-state index contributed by atoms with van der Waals surface area (Å²) in [7, 11) is 0. The van der Waals surface area contributed by atoms with Crippen LogP contribution >= 0.6 is 11.6 Å². The van der Waals surface area contributed by atoms with Gasteiger partial charge in [-0.05, 0) is 37.1 Å². The van der Waals surface area contributed by atoms with E-state index in [4.69, 9.17) is 16.6 Å². The van der Waals surface area contributed by atoms with Crippen molar-refractivity contribution in [3.05, 3.63) is 58.9 Å². The minimum Gasteiger partial charge on any atom is -0.371 e. The van der Waals surface area contributed by atoms with Crippen molar-refractivity contribution in [3.8, 4) is 0 Å². The third kappa shape index (κ3) is 3.23. The van der Waals surface area contributed by atoms with Crippen molar-refractivity contribution in [2.24, 2.45) is 4.99 Å². The van der Waals surface area contributed by atoms with Crippen LogP contribution < -0.4 is 10.6 Å². The van der Waals surface area contributed by atoms with E-state index in [1.807, 2.05) is 18.2 Å². The Bertz CT molecular complexity index is 812. The molecular formula is C20H21ClFN3. The number of anilines is 2. The standard InChI is InChI=1S/C20H21ClFN3/c21-15-9-8-14(16(22)12-15)13-23-19-20(10-4-1-5-11-20)25-18-7-3-2-6-17(18)24-19/h2-3,6-9,12,25H,1,4-5,10-11,13H2,(H,23,24). The Morgan fingerprint density at radius 2 is 1.80 bits per heavy atom. The van der Waals surface area contributed by atoms with Crippen LogP contribution in [0.25, 0.3) is 0 Å². The number of rotatable bonds is 2. The lowest BCUT2D eigenvalue weighted by Crippen LogP contribution is -2.53. The monoisotopic (exact) mass is 357 g/mol. The second-order valence-electron chi connectivity index (χ2n) is 6.84. The van der Waals surface area contributed by atoms with E-state index in [9.17, 15) is 4.39 Å². The van der Waals surface area contributed by atoms with Crippen molar-refractivity contribution in [2.75, 3.05) is 10.6 Å². The van der Waals surface area contributed by atoms with Crippen LogP contribution in [0.5, 0.6) is 0 Å². The molecule has 0 amide bonds. The minimum absolute atomic E-state index is 0.171. The number of hydrogen-bond acceptors (Lipinski definition) is 2. The number of amidine groups is 1. The third-order valence-electron chi connectivity index (χ3n) is 5.14. The number of nitrogens with zero attached hydrogens (tertiary/aromatic N) is 1. The Kier molecular flexibility index (Phi) is 4.38. The average molecular weight is 358 g/mol. The van der Waals surface area contributed by atoms with Gasteiger partial charge in [-0.1, -0.05) is 49.1 Å². The van der Waals surface area contributed by atoms with Crippen molar-refractivity contribution < 1.29 is 4.39 Å². The Labute approximate surface area is 152 Å². The predicted octanol–water partition coefficient (Wildman–Crippen LogP) is 5.62. The maximum atomic E-state index is 14.1. The smallest absolute Gasteiger partial charge is 0.129 e. The van der Waals surface area contributed by atoms with Gasteiger partial charge < -0.3 is 10.6 Å². The second-order valence-corrected chi connectivity index (χ2v) is 7.28. The Morgan fingerprint density at radius 1 is 1.04 bits per heavy atom. The van der Waals surface area contributed by atoms with Gasteiger partial charge in [-0.15, -0.1) is 0 Å². The molecule has 0 atom stereocenters. The molecule has 1 aliphatic carbocycles. The predicted molar refractivity (Wildman–Crippen MR) is 102 cm³/mol. The van der Waals surface area contributed by atoms with Crippen molar-refractivity contribution in [2.45, 2.75) is 44.2 Å². The molecule has 0 saturated heterocycles. The maximum Gasteiger partial charge on any atom is 0.129 e. The van der Waals surface area contributed by atoms with Gasteiger partial charge in [0, 0.05) is 10.6 Å². The summed E-state index contributed by atoms with van der Waals surface area (Å²) in [5.74, 6) is 0.610. The highest BCUT2D eigenvalue weighted by Crippen LogP contribution is 2.39. The van der Waals surface area contributed by atoms with Crippen LogP contribution in [-0.4, -0.2) is 11.4 Å². The molecule has 0 unspecified atom stereocenters. The van der Waals surface area contributed by atoms with Crippen LogP contribution in [0.15, 0.2) is 47.5 Å². The summed E-state index contributed by atoms with van der Waals surface area (Å²) in [5.41, 5.74) is 2.52. The summed E-state index contributed by atoms with van der Waals surface area (Å²) in [6, 6.07) is 12.9. The molecular weight excluding hydrogens is 337 g/mol. The lowest BCUT2D eigenvalue weighted by atomic mass is 9.79. The first-order valence-corrected chi connectivity index (χ1v) is 9.17. The number of benzene rings is 2. The molecule has 0 bridgehead atoms. The highest BCUT2D eigenvalue weighted by atomic mass is 35.5. The Morgan fingerprint density at radius 3 is 2.56 bits per heavy atom. The van der Waals surface area contributed by atoms with Crippen LogP contribution in [0.2, 0.25) is 5.02 Å². The largest absolute Gasteiger partial charge is 0.371 e. The minimum atomic E-state index is -0.307. The fraction of sp³-hybridized carbons (Fsp3) is 0.350. The zero-order valence-electron chi connectivity index (χ0n) is 14.0. The number of aliphatic imine (C=N–C) groups is 1. The first kappa shape index (κ1) is 16.4. The van der Waals surface area contributed by atoms with Gasteiger partial charge in [0.1, 0.15) is 11.7 Å². The van der Waals surface area contributed by atoms with E-state index in [0.29, 0.717) is 17.1 Å². The summed E-state index contributed by atoms with van der Waals surface area (Å²) in [4.78, 5) is 4.78. The first-order chi connectivity index (χ1) is 12.2. The number of hydrogen-bond donors (Lipinski definition) is 2. The van der Waals surface area contributed by atoms with Crippen LogP contribution in [0.1, 0.15) is 37.7 Å². The summed E-state index contributed by atoms with van der Waals surface area (Å²) in [5, 5.41) is 7.62. The number of para-hydroxylation sites is 2. The molecule has 2 aliphatic rings. The lowest BCUT2D eigenvalue weighted by molar-refractivity contribution is 0.402. The van der Waals surface area contributed by atoms with E-state index < -0.39 is 0 Å². The van der Waals surface area contributed by atoms with Crippen LogP contribution in [0.4, 0.5) is 15.8 Å². The van der Waals surface area contributed by atoms with Crippen molar-refractivity contribution in [1.29, 1.82) is 0 Å². The number of halogens is 2. The van der Waals surface area contributed by atoms with Crippen molar-refractivity contribution in [3.63, 3.8) is 0 Å². The summed E-state index contributed by atoms with van der Waals surface area (Å²) in [6.07, 6.45) is 5.67. The molecule has 0 radical (unpaired) electrons. The van der Waals surface area contributed by atoms with Gasteiger partial charge in [-0.25, -0.2) is 4.39 Å². The van der Waals surface area contributed by atoms with E-state index in [1.54, 1.807) is 12.1 Å². The van der Waals surface area contributed by atoms with Crippen molar-refractivity contribution >= 4 is 28.8 Å². The molecule has 1 spiro atoms. The Hall–Kier alpha value is -2.07. The number of fused-ring (bicyclic) bond motifs is 1. The molecule has 5 heteroatoms. The van der Waals surface area contributed by atoms with Crippen LogP contribution in [0.3, 0.4) is 0 Å².